The number of piperazine rings is 1. The molecule has 5 heterocycles. The summed E-state index contributed by atoms with van der Waals surface area (Å²) in [5.74, 6) is 1.30. The number of hydrogen-bond donors (Lipinski definition) is 3. The van der Waals surface area contributed by atoms with Crippen molar-refractivity contribution in [2.45, 2.75) is 13.5 Å². The first-order chi connectivity index (χ1) is 19.4. The van der Waals surface area contributed by atoms with Gasteiger partial charge in [-0.25, -0.2) is 25.4 Å². The van der Waals surface area contributed by atoms with Crippen LogP contribution in [0.1, 0.15) is 22.2 Å². The molecule has 14 heteroatoms. The first-order valence-electron chi connectivity index (χ1n) is 12.6. The second-order valence-corrected chi connectivity index (χ2v) is 10.6. The Morgan fingerprint density at radius 1 is 1.12 bits per heavy atom. The fraction of sp³-hybridized carbons (Fsp3) is 0.269. The van der Waals surface area contributed by atoms with E-state index in [0.717, 1.165) is 37.4 Å². The molecule has 0 spiro atoms. The van der Waals surface area contributed by atoms with Gasteiger partial charge in [-0.2, -0.15) is 5.10 Å². The Morgan fingerprint density at radius 3 is 2.62 bits per heavy atom. The summed E-state index contributed by atoms with van der Waals surface area (Å²) in [4.78, 5) is 49.0. The van der Waals surface area contributed by atoms with E-state index in [1.54, 1.807) is 29.9 Å². The number of aromatic amines is 1. The normalized spacial score (nSPS) is 13.7. The number of aromatic nitrogens is 6. The summed E-state index contributed by atoms with van der Waals surface area (Å²) < 4.78 is 0.971. The maximum absolute atomic E-state index is 11.9. The number of amides is 2. The lowest BCUT2D eigenvalue weighted by Crippen LogP contribution is -2.48. The van der Waals surface area contributed by atoms with Crippen molar-refractivity contribution >= 4 is 56.0 Å². The van der Waals surface area contributed by atoms with E-state index in [1.807, 2.05) is 35.0 Å². The highest BCUT2D eigenvalue weighted by Gasteiger charge is 2.24. The molecule has 1 aliphatic heterocycles. The van der Waals surface area contributed by atoms with Crippen molar-refractivity contribution in [3.05, 3.63) is 53.3 Å². The molecule has 1 saturated heterocycles. The Hall–Kier alpha value is -4.69. The van der Waals surface area contributed by atoms with Crippen molar-refractivity contribution in [3.63, 3.8) is 0 Å². The van der Waals surface area contributed by atoms with Gasteiger partial charge in [0.25, 0.3) is 5.91 Å². The van der Waals surface area contributed by atoms with Gasteiger partial charge >= 0.3 is 0 Å². The van der Waals surface area contributed by atoms with E-state index < -0.39 is 5.91 Å². The van der Waals surface area contributed by atoms with Gasteiger partial charge in [0.2, 0.25) is 11.9 Å². The van der Waals surface area contributed by atoms with Crippen molar-refractivity contribution < 1.29 is 14.8 Å². The molecule has 0 bridgehead atoms. The number of H-pyrrole nitrogens is 1. The van der Waals surface area contributed by atoms with E-state index >= 15 is 0 Å². The lowest BCUT2D eigenvalue weighted by atomic mass is 10.1. The van der Waals surface area contributed by atoms with Crippen LogP contribution in [0.4, 0.5) is 11.8 Å². The van der Waals surface area contributed by atoms with E-state index in [-0.39, 0.29) is 11.5 Å². The predicted molar refractivity (Wildman–Crippen MR) is 150 cm³/mol. The standard InChI is InChI=1S/C26H26N10O3S/c1-15(37)35-6-8-36(9-7-35)24-22-21(30-23(31-24)18-4-3-5-20-19(18)13-29-32-20)10-17(40-22)14-34(2)26-27-11-16(12-28-26)25(38)33-39/h3-5,10-13,39H,6-9,14H2,1-2H3,(H,29,32)(H,33,38). The minimum atomic E-state index is -0.670. The molecule has 0 atom stereocenters. The lowest BCUT2D eigenvalue weighted by Gasteiger charge is -2.35. The van der Waals surface area contributed by atoms with Gasteiger partial charge in [-0.3, -0.25) is 19.9 Å². The number of fused-ring (bicyclic) bond motifs is 2. The number of carbonyl (C=O) groups is 2. The number of carbonyl (C=O) groups excluding carboxylic acids is 2. The largest absolute Gasteiger partial charge is 0.352 e. The molecule has 40 heavy (non-hydrogen) atoms. The van der Waals surface area contributed by atoms with Gasteiger partial charge < -0.3 is 14.7 Å². The zero-order valence-electron chi connectivity index (χ0n) is 21.8. The van der Waals surface area contributed by atoms with Crippen LogP contribution in [-0.2, 0) is 11.3 Å². The first kappa shape index (κ1) is 25.6. The molecule has 4 aromatic heterocycles. The van der Waals surface area contributed by atoms with Gasteiger partial charge in [-0.15, -0.1) is 11.3 Å². The zero-order valence-corrected chi connectivity index (χ0v) is 22.6. The molecule has 5 aromatic rings. The third-order valence-electron chi connectivity index (χ3n) is 6.89. The molecule has 204 valence electrons. The Labute approximate surface area is 232 Å². The molecule has 6 rings (SSSR count). The Bertz CT molecular complexity index is 1710. The average molecular weight is 559 g/mol. The van der Waals surface area contributed by atoms with Crippen LogP contribution in [0.3, 0.4) is 0 Å². The fourth-order valence-corrected chi connectivity index (χ4v) is 5.94. The van der Waals surface area contributed by atoms with E-state index in [1.165, 1.54) is 12.4 Å². The molecule has 0 aliphatic carbocycles. The molecule has 1 fully saturated rings. The van der Waals surface area contributed by atoms with Crippen LogP contribution in [-0.4, -0.2) is 85.3 Å². The summed E-state index contributed by atoms with van der Waals surface area (Å²) in [5.41, 5.74) is 4.37. The fourth-order valence-electron chi connectivity index (χ4n) is 4.78. The van der Waals surface area contributed by atoms with Crippen LogP contribution < -0.4 is 15.3 Å². The molecule has 1 aromatic carbocycles. The topological polar surface area (TPSA) is 156 Å². The molecule has 0 saturated carbocycles. The summed E-state index contributed by atoms with van der Waals surface area (Å²) >= 11 is 1.61. The summed E-state index contributed by atoms with van der Waals surface area (Å²) in [6.45, 7) is 4.73. The Kier molecular flexibility index (Phi) is 6.69. The monoisotopic (exact) mass is 558 g/mol. The van der Waals surface area contributed by atoms with E-state index in [9.17, 15) is 9.59 Å². The highest BCUT2D eigenvalue weighted by atomic mass is 32.1. The number of benzene rings is 1. The Balaban J connectivity index is 1.36. The van der Waals surface area contributed by atoms with Crippen molar-refractivity contribution in [2.75, 3.05) is 43.0 Å². The number of thiophene rings is 1. The third-order valence-corrected chi connectivity index (χ3v) is 8.00. The van der Waals surface area contributed by atoms with Crippen LogP contribution in [0.2, 0.25) is 0 Å². The van der Waals surface area contributed by atoms with Gasteiger partial charge in [0, 0.05) is 68.4 Å². The highest BCUT2D eigenvalue weighted by Crippen LogP contribution is 2.36. The number of hydrogen-bond acceptors (Lipinski definition) is 11. The molecule has 1 aliphatic rings. The summed E-state index contributed by atoms with van der Waals surface area (Å²) in [5, 5.41) is 17.0. The van der Waals surface area contributed by atoms with Gasteiger partial charge in [0.05, 0.1) is 34.0 Å². The molecule has 2 amide bonds. The van der Waals surface area contributed by atoms with Crippen molar-refractivity contribution in [1.29, 1.82) is 0 Å². The van der Waals surface area contributed by atoms with Gasteiger partial charge in [0.15, 0.2) is 11.6 Å². The predicted octanol–water partition coefficient (Wildman–Crippen LogP) is 2.45. The SMILES string of the molecule is CC(=O)N1CCN(c2nc(-c3cccc4[nH]ncc34)nc3cc(CN(C)c4ncc(C(=O)NO)cn4)sc23)CC1. The third kappa shape index (κ3) is 4.78. The quantitative estimate of drug-likeness (QED) is 0.209. The number of hydroxylamine groups is 1. The van der Waals surface area contributed by atoms with Crippen LogP contribution in [0.15, 0.2) is 42.9 Å². The average Bonchev–Trinajstić information content (AvgIpc) is 3.63. The summed E-state index contributed by atoms with van der Waals surface area (Å²) in [6, 6.07) is 7.98. The number of anilines is 2. The second-order valence-electron chi connectivity index (χ2n) is 9.50. The molecule has 3 N–H and O–H groups in total. The van der Waals surface area contributed by atoms with E-state index in [2.05, 4.69) is 31.1 Å². The summed E-state index contributed by atoms with van der Waals surface area (Å²) in [7, 11) is 1.87. The van der Waals surface area contributed by atoms with Crippen LogP contribution in [0, 0.1) is 0 Å². The lowest BCUT2D eigenvalue weighted by molar-refractivity contribution is -0.129. The van der Waals surface area contributed by atoms with E-state index in [0.29, 0.717) is 44.5 Å². The van der Waals surface area contributed by atoms with Crippen molar-refractivity contribution in [3.8, 4) is 11.4 Å². The highest BCUT2D eigenvalue weighted by molar-refractivity contribution is 7.19. The molecule has 0 unspecified atom stereocenters. The smallest absolute Gasteiger partial charge is 0.277 e. The second kappa shape index (κ2) is 10.5. The Morgan fingerprint density at radius 2 is 1.90 bits per heavy atom. The molecule has 13 nitrogen and oxygen atoms in total. The van der Waals surface area contributed by atoms with Gasteiger partial charge in [-0.1, -0.05) is 12.1 Å². The van der Waals surface area contributed by atoms with Gasteiger partial charge in [-0.05, 0) is 12.1 Å². The number of nitrogens with zero attached hydrogens (tertiary/aromatic N) is 8. The van der Waals surface area contributed by atoms with Crippen LogP contribution in [0.5, 0.6) is 0 Å². The molecular formula is C26H26N10O3S. The number of rotatable bonds is 6. The molecule has 0 radical (unpaired) electrons. The minimum Gasteiger partial charge on any atom is -0.352 e. The molecular weight excluding hydrogens is 532 g/mol. The van der Waals surface area contributed by atoms with Gasteiger partial charge in [0.1, 0.15) is 0 Å². The maximum Gasteiger partial charge on any atom is 0.277 e. The van der Waals surface area contributed by atoms with E-state index in [4.69, 9.17) is 15.2 Å². The van der Waals surface area contributed by atoms with Crippen LogP contribution >= 0.6 is 11.3 Å². The van der Waals surface area contributed by atoms with Crippen LogP contribution in [0.25, 0.3) is 32.5 Å². The first-order valence-corrected chi connectivity index (χ1v) is 13.4. The van der Waals surface area contributed by atoms with Crippen molar-refractivity contribution in [1.82, 2.24) is 40.5 Å². The summed E-state index contributed by atoms with van der Waals surface area (Å²) in [6.07, 6.45) is 4.51. The number of nitrogens with one attached hydrogen (secondary N) is 2. The zero-order chi connectivity index (χ0) is 27.8. The van der Waals surface area contributed by atoms with Crippen molar-refractivity contribution in [2.24, 2.45) is 0 Å². The minimum absolute atomic E-state index is 0.0773. The maximum atomic E-state index is 11.9.